The van der Waals surface area contributed by atoms with E-state index < -0.39 is 0 Å². The van der Waals surface area contributed by atoms with Gasteiger partial charge in [-0.2, -0.15) is 4.73 Å². The molecule has 0 aliphatic rings. The Morgan fingerprint density at radius 2 is 1.89 bits per heavy atom. The van der Waals surface area contributed by atoms with Crippen molar-refractivity contribution in [3.05, 3.63) is 64.0 Å². The fourth-order valence-electron chi connectivity index (χ4n) is 1.79. The Kier molecular flexibility index (Phi) is 3.92. The predicted octanol–water partition coefficient (Wildman–Crippen LogP) is 3.54. The van der Waals surface area contributed by atoms with Crippen molar-refractivity contribution in [2.75, 3.05) is 0 Å². The van der Waals surface area contributed by atoms with Crippen molar-refractivity contribution in [2.45, 2.75) is 31.6 Å². The number of aryl methyl sites for hydroxylation is 3. The van der Waals surface area contributed by atoms with Crippen LogP contribution in [0.2, 0.25) is 0 Å². The number of thioether (sulfide) groups is 1. The molecule has 18 heavy (non-hydrogen) atoms. The van der Waals surface area contributed by atoms with Crippen LogP contribution in [0.1, 0.15) is 22.4 Å². The molecular weight excluding hydrogens is 242 g/mol. The molecule has 94 valence electrons. The number of hydrogen-bond donors (Lipinski definition) is 0. The summed E-state index contributed by atoms with van der Waals surface area (Å²) < 4.78 is 0.996. The monoisotopic (exact) mass is 259 g/mol. The number of nitrogens with zero attached hydrogens (tertiary/aromatic N) is 1. The van der Waals surface area contributed by atoms with Crippen LogP contribution in [0.4, 0.5) is 0 Å². The standard InChI is InChI=1S/C15H17NOS/c1-11-7-8-12(2)14(9-11)10-18-15-6-4-5-13(3)16(15)17/h4-9H,10H2,1-3H3. The van der Waals surface area contributed by atoms with Crippen molar-refractivity contribution in [3.8, 4) is 0 Å². The van der Waals surface area contributed by atoms with Gasteiger partial charge in [0.2, 0.25) is 0 Å². The molecule has 1 aromatic heterocycles. The maximum Gasteiger partial charge on any atom is 0.251 e. The molecule has 0 fully saturated rings. The summed E-state index contributed by atoms with van der Waals surface area (Å²) in [6.45, 7) is 6.03. The highest BCUT2D eigenvalue weighted by Gasteiger charge is 2.09. The first-order valence-electron chi connectivity index (χ1n) is 5.96. The third-order valence-corrected chi connectivity index (χ3v) is 4.03. The highest BCUT2D eigenvalue weighted by Crippen LogP contribution is 2.22. The van der Waals surface area contributed by atoms with E-state index >= 15 is 0 Å². The average Bonchev–Trinajstić information content (AvgIpc) is 2.35. The van der Waals surface area contributed by atoms with Crippen LogP contribution in [0.15, 0.2) is 41.4 Å². The van der Waals surface area contributed by atoms with Crippen LogP contribution >= 0.6 is 11.8 Å². The molecule has 2 aromatic rings. The normalized spacial score (nSPS) is 10.6. The molecule has 0 radical (unpaired) electrons. The molecule has 3 heteroatoms. The van der Waals surface area contributed by atoms with Crippen LogP contribution in [0.5, 0.6) is 0 Å². The fourth-order valence-corrected chi connectivity index (χ4v) is 2.84. The summed E-state index contributed by atoms with van der Waals surface area (Å²) in [5.74, 6) is 0.833. The van der Waals surface area contributed by atoms with E-state index in [2.05, 4.69) is 32.0 Å². The molecular formula is C15H17NOS. The van der Waals surface area contributed by atoms with Gasteiger partial charge in [0.05, 0.1) is 0 Å². The molecule has 0 aliphatic heterocycles. The minimum atomic E-state index is 0.737. The van der Waals surface area contributed by atoms with Gasteiger partial charge < -0.3 is 5.21 Å². The average molecular weight is 259 g/mol. The summed E-state index contributed by atoms with van der Waals surface area (Å²) in [5, 5.41) is 12.6. The first-order valence-corrected chi connectivity index (χ1v) is 6.94. The van der Waals surface area contributed by atoms with Gasteiger partial charge in [-0.05, 0) is 31.0 Å². The van der Waals surface area contributed by atoms with Gasteiger partial charge in [0.25, 0.3) is 5.03 Å². The van der Waals surface area contributed by atoms with Crippen molar-refractivity contribution in [1.29, 1.82) is 0 Å². The number of aromatic nitrogens is 1. The maximum absolute atomic E-state index is 11.8. The Balaban J connectivity index is 2.16. The van der Waals surface area contributed by atoms with Gasteiger partial charge in [-0.1, -0.05) is 35.5 Å². The van der Waals surface area contributed by atoms with Crippen molar-refractivity contribution >= 4 is 11.8 Å². The lowest BCUT2D eigenvalue weighted by Crippen LogP contribution is -2.32. The summed E-state index contributed by atoms with van der Waals surface area (Å²) in [7, 11) is 0. The molecule has 0 N–H and O–H groups in total. The largest absolute Gasteiger partial charge is 0.618 e. The third kappa shape index (κ3) is 2.85. The second kappa shape index (κ2) is 5.44. The second-order valence-corrected chi connectivity index (χ2v) is 5.51. The summed E-state index contributed by atoms with van der Waals surface area (Å²) >= 11 is 1.59. The van der Waals surface area contributed by atoms with Gasteiger partial charge in [-0.15, -0.1) is 0 Å². The fraction of sp³-hybridized carbons (Fsp3) is 0.267. The first kappa shape index (κ1) is 13.0. The first-order chi connectivity index (χ1) is 8.58. The Morgan fingerprint density at radius 1 is 1.11 bits per heavy atom. The quantitative estimate of drug-likeness (QED) is 0.479. The van der Waals surface area contributed by atoms with Crippen LogP contribution in [0.25, 0.3) is 0 Å². The van der Waals surface area contributed by atoms with Gasteiger partial charge in [0.15, 0.2) is 5.69 Å². The summed E-state index contributed by atoms with van der Waals surface area (Å²) in [4.78, 5) is 0. The molecule has 0 unspecified atom stereocenters. The zero-order valence-corrected chi connectivity index (χ0v) is 11.8. The molecule has 0 bridgehead atoms. The molecule has 2 nitrogen and oxygen atoms in total. The number of rotatable bonds is 3. The molecule has 0 aliphatic carbocycles. The van der Waals surface area contributed by atoms with E-state index in [1.54, 1.807) is 11.8 Å². The van der Waals surface area contributed by atoms with Crippen molar-refractivity contribution in [3.63, 3.8) is 0 Å². The van der Waals surface area contributed by atoms with E-state index in [9.17, 15) is 5.21 Å². The SMILES string of the molecule is Cc1ccc(C)c(CSc2cccc(C)[n+]2[O-])c1. The number of pyridine rings is 1. The van der Waals surface area contributed by atoms with E-state index in [4.69, 9.17) is 0 Å². The molecule has 1 heterocycles. The predicted molar refractivity (Wildman–Crippen MR) is 75.6 cm³/mol. The zero-order chi connectivity index (χ0) is 13.1. The van der Waals surface area contributed by atoms with E-state index in [0.717, 1.165) is 21.2 Å². The van der Waals surface area contributed by atoms with Crippen LogP contribution in [-0.2, 0) is 5.75 Å². The van der Waals surface area contributed by atoms with E-state index in [1.807, 2.05) is 25.1 Å². The van der Waals surface area contributed by atoms with Gasteiger partial charge in [0, 0.05) is 24.8 Å². The summed E-state index contributed by atoms with van der Waals surface area (Å²) in [6.07, 6.45) is 0. The zero-order valence-electron chi connectivity index (χ0n) is 10.9. The maximum atomic E-state index is 11.8. The lowest BCUT2D eigenvalue weighted by molar-refractivity contribution is -0.652. The molecule has 0 saturated heterocycles. The minimum absolute atomic E-state index is 0.737. The van der Waals surface area contributed by atoms with E-state index in [-0.39, 0.29) is 0 Å². The molecule has 0 amide bonds. The van der Waals surface area contributed by atoms with Gasteiger partial charge in [-0.3, -0.25) is 0 Å². The molecule has 0 spiro atoms. The molecule has 0 atom stereocenters. The van der Waals surface area contributed by atoms with Gasteiger partial charge >= 0.3 is 0 Å². The van der Waals surface area contributed by atoms with Crippen molar-refractivity contribution in [1.82, 2.24) is 0 Å². The summed E-state index contributed by atoms with van der Waals surface area (Å²) in [5.41, 5.74) is 4.57. The minimum Gasteiger partial charge on any atom is -0.618 e. The Bertz CT molecular complexity index is 564. The third-order valence-electron chi connectivity index (χ3n) is 2.98. The second-order valence-electron chi connectivity index (χ2n) is 4.52. The Labute approximate surface area is 112 Å². The lowest BCUT2D eigenvalue weighted by atomic mass is 10.1. The Hall–Kier alpha value is -1.48. The van der Waals surface area contributed by atoms with Crippen LogP contribution < -0.4 is 4.73 Å². The molecule has 0 saturated carbocycles. The molecule has 2 rings (SSSR count). The van der Waals surface area contributed by atoms with Crippen LogP contribution in [-0.4, -0.2) is 0 Å². The highest BCUT2D eigenvalue weighted by atomic mass is 32.2. The lowest BCUT2D eigenvalue weighted by Gasteiger charge is -2.08. The van der Waals surface area contributed by atoms with Gasteiger partial charge in [0.1, 0.15) is 0 Å². The van der Waals surface area contributed by atoms with Crippen molar-refractivity contribution in [2.24, 2.45) is 0 Å². The summed E-state index contributed by atoms with van der Waals surface area (Å²) in [6, 6.07) is 12.1. The topological polar surface area (TPSA) is 26.9 Å². The van der Waals surface area contributed by atoms with E-state index in [1.165, 1.54) is 16.7 Å². The number of benzene rings is 1. The van der Waals surface area contributed by atoms with Crippen molar-refractivity contribution < 1.29 is 4.73 Å². The van der Waals surface area contributed by atoms with Gasteiger partial charge in [-0.25, -0.2) is 0 Å². The Morgan fingerprint density at radius 3 is 2.67 bits per heavy atom. The smallest absolute Gasteiger partial charge is 0.251 e. The van der Waals surface area contributed by atoms with Crippen LogP contribution in [0.3, 0.4) is 0 Å². The molecule has 1 aromatic carbocycles. The van der Waals surface area contributed by atoms with E-state index in [0.29, 0.717) is 0 Å². The van der Waals surface area contributed by atoms with Crippen LogP contribution in [0, 0.1) is 26.0 Å². The number of hydrogen-bond acceptors (Lipinski definition) is 2. The highest BCUT2D eigenvalue weighted by molar-refractivity contribution is 7.98.